The van der Waals surface area contributed by atoms with Crippen molar-refractivity contribution in [2.24, 2.45) is 11.8 Å². The van der Waals surface area contributed by atoms with Crippen LogP contribution in [0.4, 0.5) is 0 Å². The topological polar surface area (TPSA) is 15.3 Å². The molecule has 1 unspecified atom stereocenters. The van der Waals surface area contributed by atoms with Crippen molar-refractivity contribution in [1.29, 1.82) is 0 Å². The van der Waals surface area contributed by atoms with Crippen molar-refractivity contribution in [1.82, 2.24) is 10.2 Å². The Hall–Kier alpha value is -0.0800. The van der Waals surface area contributed by atoms with Gasteiger partial charge in [-0.05, 0) is 37.6 Å². The fraction of sp³-hybridized carbons (Fsp3) is 1.00. The Labute approximate surface area is 119 Å². The van der Waals surface area contributed by atoms with Gasteiger partial charge in [0.25, 0.3) is 0 Å². The fourth-order valence-corrected chi connectivity index (χ4v) is 4.15. The van der Waals surface area contributed by atoms with Gasteiger partial charge in [0.2, 0.25) is 0 Å². The van der Waals surface area contributed by atoms with Crippen molar-refractivity contribution in [3.05, 3.63) is 0 Å². The van der Waals surface area contributed by atoms with Gasteiger partial charge in [-0.1, -0.05) is 46.0 Å². The second kappa shape index (κ2) is 5.73. The van der Waals surface area contributed by atoms with E-state index in [1.54, 1.807) is 0 Å². The molecule has 19 heavy (non-hydrogen) atoms. The lowest BCUT2D eigenvalue weighted by molar-refractivity contribution is 0.000528. The maximum atomic E-state index is 3.87. The van der Waals surface area contributed by atoms with Gasteiger partial charge in [-0.3, -0.25) is 4.90 Å². The first-order valence-electron chi connectivity index (χ1n) is 8.68. The van der Waals surface area contributed by atoms with Crippen LogP contribution in [0.25, 0.3) is 0 Å². The number of hydrogen-bond acceptors (Lipinski definition) is 2. The van der Waals surface area contributed by atoms with Crippen LogP contribution in [-0.2, 0) is 0 Å². The smallest absolute Gasteiger partial charge is 0.0334 e. The van der Waals surface area contributed by atoms with Gasteiger partial charge in [0.1, 0.15) is 0 Å². The minimum atomic E-state index is 0.526. The molecule has 2 aliphatic carbocycles. The second-order valence-electron chi connectivity index (χ2n) is 7.69. The zero-order valence-corrected chi connectivity index (χ0v) is 13.0. The SMILES string of the molecule is CC(C)C1CN(CCC2CC2)C2(CCCCC2)CN1. The monoisotopic (exact) mass is 264 g/mol. The third-order valence-corrected chi connectivity index (χ3v) is 5.87. The van der Waals surface area contributed by atoms with E-state index in [4.69, 9.17) is 0 Å². The molecule has 3 rings (SSSR count). The van der Waals surface area contributed by atoms with Crippen LogP contribution in [0, 0.1) is 11.8 Å². The van der Waals surface area contributed by atoms with Crippen molar-refractivity contribution in [3.63, 3.8) is 0 Å². The van der Waals surface area contributed by atoms with Gasteiger partial charge in [-0.2, -0.15) is 0 Å². The number of hydrogen-bond donors (Lipinski definition) is 1. The number of rotatable bonds is 4. The molecule has 1 aliphatic heterocycles. The molecular formula is C17H32N2. The van der Waals surface area contributed by atoms with Crippen molar-refractivity contribution in [2.75, 3.05) is 19.6 Å². The first-order chi connectivity index (χ1) is 9.20. The third-order valence-electron chi connectivity index (χ3n) is 5.87. The summed E-state index contributed by atoms with van der Waals surface area (Å²) in [5, 5.41) is 3.87. The predicted molar refractivity (Wildman–Crippen MR) is 81.4 cm³/mol. The quantitative estimate of drug-likeness (QED) is 0.837. The summed E-state index contributed by atoms with van der Waals surface area (Å²) >= 11 is 0. The Morgan fingerprint density at radius 3 is 2.53 bits per heavy atom. The van der Waals surface area contributed by atoms with E-state index in [0.29, 0.717) is 11.6 Å². The van der Waals surface area contributed by atoms with E-state index in [1.807, 2.05) is 0 Å². The van der Waals surface area contributed by atoms with E-state index in [-0.39, 0.29) is 0 Å². The zero-order valence-electron chi connectivity index (χ0n) is 13.0. The van der Waals surface area contributed by atoms with Crippen LogP contribution in [0.15, 0.2) is 0 Å². The molecule has 3 fully saturated rings. The highest BCUT2D eigenvalue weighted by molar-refractivity contribution is 5.01. The van der Waals surface area contributed by atoms with E-state index in [0.717, 1.165) is 11.8 Å². The average Bonchev–Trinajstić information content (AvgIpc) is 3.22. The molecule has 3 aliphatic rings. The molecule has 0 amide bonds. The van der Waals surface area contributed by atoms with Crippen LogP contribution in [0.5, 0.6) is 0 Å². The minimum Gasteiger partial charge on any atom is -0.311 e. The highest BCUT2D eigenvalue weighted by Crippen LogP contribution is 2.38. The number of nitrogens with zero attached hydrogens (tertiary/aromatic N) is 1. The molecule has 0 radical (unpaired) electrons. The van der Waals surface area contributed by atoms with Crippen molar-refractivity contribution < 1.29 is 0 Å². The summed E-state index contributed by atoms with van der Waals surface area (Å²) in [7, 11) is 0. The Morgan fingerprint density at radius 1 is 1.16 bits per heavy atom. The van der Waals surface area contributed by atoms with Crippen LogP contribution >= 0.6 is 0 Å². The molecule has 2 heteroatoms. The molecule has 0 aromatic heterocycles. The Balaban J connectivity index is 1.65. The van der Waals surface area contributed by atoms with E-state index in [1.165, 1.54) is 71.0 Å². The van der Waals surface area contributed by atoms with Crippen LogP contribution < -0.4 is 5.32 Å². The summed E-state index contributed by atoms with van der Waals surface area (Å²) in [6, 6.07) is 0.715. The fourth-order valence-electron chi connectivity index (χ4n) is 4.15. The summed E-state index contributed by atoms with van der Waals surface area (Å²) < 4.78 is 0. The molecule has 1 atom stereocenters. The third kappa shape index (κ3) is 3.16. The van der Waals surface area contributed by atoms with Gasteiger partial charge in [0.15, 0.2) is 0 Å². The number of nitrogens with one attached hydrogen (secondary N) is 1. The predicted octanol–water partition coefficient (Wildman–Crippen LogP) is 3.42. The molecule has 1 N–H and O–H groups in total. The Morgan fingerprint density at radius 2 is 1.89 bits per heavy atom. The first kappa shape index (κ1) is 13.9. The highest BCUT2D eigenvalue weighted by Gasteiger charge is 2.42. The second-order valence-corrected chi connectivity index (χ2v) is 7.69. The van der Waals surface area contributed by atoms with E-state index < -0.39 is 0 Å². The molecule has 2 nitrogen and oxygen atoms in total. The van der Waals surface area contributed by atoms with Gasteiger partial charge in [-0.25, -0.2) is 0 Å². The Kier molecular flexibility index (Phi) is 4.19. The molecular weight excluding hydrogens is 232 g/mol. The van der Waals surface area contributed by atoms with E-state index in [9.17, 15) is 0 Å². The number of piperazine rings is 1. The standard InChI is InChI=1S/C17H32N2/c1-14(2)16-12-19(11-8-15-6-7-15)17(13-18-16)9-4-3-5-10-17/h14-16,18H,3-13H2,1-2H3. The molecule has 1 spiro atoms. The highest BCUT2D eigenvalue weighted by atomic mass is 15.3. The normalized spacial score (nSPS) is 32.1. The first-order valence-corrected chi connectivity index (χ1v) is 8.68. The van der Waals surface area contributed by atoms with Gasteiger partial charge in [0, 0.05) is 24.7 Å². The van der Waals surface area contributed by atoms with Gasteiger partial charge in [-0.15, -0.1) is 0 Å². The molecule has 0 aromatic carbocycles. The molecule has 0 bridgehead atoms. The zero-order chi connectivity index (χ0) is 13.3. The van der Waals surface area contributed by atoms with Crippen molar-refractivity contribution in [2.45, 2.75) is 76.8 Å². The molecule has 110 valence electrons. The minimum absolute atomic E-state index is 0.526. The van der Waals surface area contributed by atoms with Crippen LogP contribution in [0.3, 0.4) is 0 Å². The summed E-state index contributed by atoms with van der Waals surface area (Å²) in [5.41, 5.74) is 0.526. The molecule has 1 saturated heterocycles. The molecule has 2 saturated carbocycles. The largest absolute Gasteiger partial charge is 0.311 e. The average molecular weight is 264 g/mol. The van der Waals surface area contributed by atoms with Gasteiger partial charge < -0.3 is 5.32 Å². The summed E-state index contributed by atoms with van der Waals surface area (Å²) in [6.45, 7) is 8.66. The van der Waals surface area contributed by atoms with Gasteiger partial charge in [0.05, 0.1) is 0 Å². The summed E-state index contributed by atoms with van der Waals surface area (Å²) in [6.07, 6.45) is 11.7. The van der Waals surface area contributed by atoms with Crippen LogP contribution in [0.1, 0.15) is 65.2 Å². The van der Waals surface area contributed by atoms with Gasteiger partial charge >= 0.3 is 0 Å². The van der Waals surface area contributed by atoms with Crippen LogP contribution in [-0.4, -0.2) is 36.1 Å². The lowest BCUT2D eigenvalue weighted by atomic mass is 9.77. The lowest BCUT2D eigenvalue weighted by Crippen LogP contribution is -2.66. The lowest BCUT2D eigenvalue weighted by Gasteiger charge is -2.53. The van der Waals surface area contributed by atoms with Crippen molar-refractivity contribution >= 4 is 0 Å². The van der Waals surface area contributed by atoms with Crippen molar-refractivity contribution in [3.8, 4) is 0 Å². The maximum absolute atomic E-state index is 3.87. The Bertz CT molecular complexity index is 290. The molecule has 1 heterocycles. The maximum Gasteiger partial charge on any atom is 0.0334 e. The summed E-state index contributed by atoms with van der Waals surface area (Å²) in [4.78, 5) is 2.91. The summed E-state index contributed by atoms with van der Waals surface area (Å²) in [5.74, 6) is 1.84. The van der Waals surface area contributed by atoms with Crippen LogP contribution in [0.2, 0.25) is 0 Å². The molecule has 0 aromatic rings. The van der Waals surface area contributed by atoms with E-state index >= 15 is 0 Å². The van der Waals surface area contributed by atoms with E-state index in [2.05, 4.69) is 24.1 Å².